The molecule has 1 fully saturated rings. The van der Waals surface area contributed by atoms with Crippen molar-refractivity contribution < 1.29 is 12.8 Å². The molecule has 3 aromatic carbocycles. The standard InChI is InChI=1S/C31H27FIN5O5S/c1-17-6-4-9-23(14-17)44(42,43)35-20-7-5-8-22(16-20)37-27-18(2)29(39)36(3)28(34-25-13-10-19(33)15-24(25)32)26(27)30(40)38(31(37)41)21-11-12-21/h4-10,13-16,21,34-35H,11-12H2,1-3H3. The van der Waals surface area contributed by atoms with Gasteiger partial charge in [-0.2, -0.15) is 0 Å². The van der Waals surface area contributed by atoms with Crippen molar-refractivity contribution in [1.29, 1.82) is 0 Å². The molecule has 6 rings (SSSR count). The summed E-state index contributed by atoms with van der Waals surface area (Å²) in [6.45, 7) is 3.30. The van der Waals surface area contributed by atoms with Crippen LogP contribution in [0.2, 0.25) is 0 Å². The summed E-state index contributed by atoms with van der Waals surface area (Å²) in [4.78, 5) is 41.7. The van der Waals surface area contributed by atoms with Crippen molar-refractivity contribution in [3.63, 3.8) is 0 Å². The van der Waals surface area contributed by atoms with E-state index >= 15 is 0 Å². The molecule has 2 aromatic heterocycles. The second kappa shape index (κ2) is 11.0. The van der Waals surface area contributed by atoms with E-state index in [-0.39, 0.29) is 50.3 Å². The number of nitrogens with one attached hydrogen (secondary N) is 2. The van der Waals surface area contributed by atoms with Crippen LogP contribution in [0.4, 0.5) is 21.6 Å². The van der Waals surface area contributed by atoms with Gasteiger partial charge < -0.3 is 5.32 Å². The number of anilines is 3. The molecule has 0 unspecified atom stereocenters. The molecular formula is C31H27FIN5O5S. The van der Waals surface area contributed by atoms with Crippen molar-refractivity contribution in [3.05, 3.63) is 118 Å². The van der Waals surface area contributed by atoms with Crippen LogP contribution in [0.25, 0.3) is 16.6 Å². The van der Waals surface area contributed by atoms with Crippen LogP contribution < -0.4 is 26.8 Å². The van der Waals surface area contributed by atoms with E-state index in [0.717, 1.165) is 10.1 Å². The monoisotopic (exact) mass is 727 g/mol. The summed E-state index contributed by atoms with van der Waals surface area (Å²) in [7, 11) is -2.50. The van der Waals surface area contributed by atoms with Gasteiger partial charge in [-0.3, -0.25) is 28.0 Å². The highest BCUT2D eigenvalue weighted by Gasteiger charge is 2.32. The Balaban J connectivity index is 1.61. The normalized spacial score (nSPS) is 13.3. The number of hydrogen-bond acceptors (Lipinski definition) is 6. The Kier molecular flexibility index (Phi) is 7.48. The van der Waals surface area contributed by atoms with E-state index in [1.165, 1.54) is 47.4 Å². The zero-order valence-corrected chi connectivity index (χ0v) is 26.9. The summed E-state index contributed by atoms with van der Waals surface area (Å²) in [5.41, 5.74) is -0.360. The van der Waals surface area contributed by atoms with Gasteiger partial charge in [0.25, 0.3) is 21.1 Å². The van der Waals surface area contributed by atoms with Gasteiger partial charge in [0, 0.05) is 22.2 Å². The Bertz CT molecular complexity index is 2290. The van der Waals surface area contributed by atoms with Crippen molar-refractivity contribution in [2.75, 3.05) is 10.0 Å². The van der Waals surface area contributed by atoms with Gasteiger partial charge in [0.2, 0.25) is 0 Å². The molecule has 0 spiro atoms. The van der Waals surface area contributed by atoms with Gasteiger partial charge in [0.15, 0.2) is 0 Å². The molecule has 0 aliphatic heterocycles. The lowest BCUT2D eigenvalue weighted by atomic mass is 10.1. The Morgan fingerprint density at radius 1 is 0.932 bits per heavy atom. The highest BCUT2D eigenvalue weighted by atomic mass is 127. The number of hydrogen-bond donors (Lipinski definition) is 2. The Morgan fingerprint density at radius 2 is 1.66 bits per heavy atom. The largest absolute Gasteiger partial charge is 0.338 e. The topological polar surface area (TPSA) is 124 Å². The maximum absolute atomic E-state index is 14.9. The molecule has 44 heavy (non-hydrogen) atoms. The average molecular weight is 728 g/mol. The van der Waals surface area contributed by atoms with Crippen LogP contribution in [-0.2, 0) is 17.1 Å². The van der Waals surface area contributed by atoms with E-state index < -0.39 is 32.6 Å². The number of sulfonamides is 1. The van der Waals surface area contributed by atoms with Crippen molar-refractivity contribution >= 4 is 60.7 Å². The molecule has 10 nitrogen and oxygen atoms in total. The average Bonchev–Trinajstić information content (AvgIpc) is 3.80. The predicted octanol–water partition coefficient (Wildman–Crippen LogP) is 5.09. The number of halogens is 2. The van der Waals surface area contributed by atoms with Crippen LogP contribution in [0.3, 0.4) is 0 Å². The number of fused-ring (bicyclic) bond motifs is 1. The minimum atomic E-state index is -3.97. The number of rotatable bonds is 7. The fourth-order valence-electron chi connectivity index (χ4n) is 5.28. The molecule has 2 N–H and O–H groups in total. The summed E-state index contributed by atoms with van der Waals surface area (Å²) in [6, 6.07) is 16.8. The van der Waals surface area contributed by atoms with Crippen LogP contribution in [0.15, 0.2) is 86.0 Å². The zero-order valence-electron chi connectivity index (χ0n) is 23.9. The van der Waals surface area contributed by atoms with Crippen molar-refractivity contribution in [2.24, 2.45) is 7.05 Å². The summed E-state index contributed by atoms with van der Waals surface area (Å²) in [5.74, 6) is -0.553. The fourth-order valence-corrected chi connectivity index (χ4v) is 6.89. The van der Waals surface area contributed by atoms with Gasteiger partial charge in [-0.25, -0.2) is 17.6 Å². The van der Waals surface area contributed by atoms with Crippen LogP contribution >= 0.6 is 22.6 Å². The van der Waals surface area contributed by atoms with Crippen molar-refractivity contribution in [3.8, 4) is 5.69 Å². The van der Waals surface area contributed by atoms with Crippen LogP contribution in [-0.4, -0.2) is 22.1 Å². The second-order valence-electron chi connectivity index (χ2n) is 10.8. The van der Waals surface area contributed by atoms with Gasteiger partial charge in [0.1, 0.15) is 17.0 Å². The van der Waals surface area contributed by atoms with E-state index in [9.17, 15) is 27.2 Å². The van der Waals surface area contributed by atoms with Gasteiger partial charge in [-0.1, -0.05) is 18.2 Å². The van der Waals surface area contributed by atoms with E-state index in [2.05, 4.69) is 10.0 Å². The third-order valence-corrected chi connectivity index (χ3v) is 9.65. The molecule has 0 amide bonds. The van der Waals surface area contributed by atoms with Crippen LogP contribution in [0, 0.1) is 23.2 Å². The van der Waals surface area contributed by atoms with E-state index in [1.807, 2.05) is 22.6 Å². The first-order chi connectivity index (χ1) is 20.9. The number of aryl methyl sites for hydroxylation is 2. The van der Waals surface area contributed by atoms with Crippen molar-refractivity contribution in [2.45, 2.75) is 37.6 Å². The molecular weight excluding hydrogens is 700 g/mol. The lowest BCUT2D eigenvalue weighted by molar-refractivity contribution is 0.601. The van der Waals surface area contributed by atoms with Crippen molar-refractivity contribution in [1.82, 2.24) is 13.7 Å². The lowest BCUT2D eigenvalue weighted by Gasteiger charge is -2.21. The maximum Gasteiger partial charge on any atom is 0.336 e. The molecule has 0 atom stereocenters. The first-order valence-corrected chi connectivity index (χ1v) is 16.3. The quantitative estimate of drug-likeness (QED) is 0.225. The molecule has 0 radical (unpaired) electrons. The van der Waals surface area contributed by atoms with Gasteiger partial charge in [0.05, 0.1) is 27.5 Å². The lowest BCUT2D eigenvalue weighted by Crippen LogP contribution is -2.41. The maximum atomic E-state index is 14.9. The molecule has 2 heterocycles. The third-order valence-electron chi connectivity index (χ3n) is 7.60. The van der Waals surface area contributed by atoms with E-state index in [0.29, 0.717) is 16.4 Å². The van der Waals surface area contributed by atoms with E-state index in [4.69, 9.17) is 0 Å². The number of nitrogens with zero attached hydrogens (tertiary/aromatic N) is 3. The van der Waals surface area contributed by atoms with Crippen LogP contribution in [0.1, 0.15) is 30.0 Å². The number of benzene rings is 3. The van der Waals surface area contributed by atoms with Crippen LogP contribution in [0.5, 0.6) is 0 Å². The molecule has 0 saturated heterocycles. The summed E-state index contributed by atoms with van der Waals surface area (Å²) in [5, 5.41) is 2.96. The zero-order chi connectivity index (χ0) is 31.5. The fraction of sp³-hybridized carbons (Fsp3) is 0.194. The molecule has 13 heteroatoms. The minimum absolute atomic E-state index is 0.0276. The highest BCUT2D eigenvalue weighted by Crippen LogP contribution is 2.34. The smallest absolute Gasteiger partial charge is 0.336 e. The molecule has 1 aliphatic carbocycles. The number of aromatic nitrogens is 3. The van der Waals surface area contributed by atoms with Gasteiger partial charge >= 0.3 is 5.69 Å². The Morgan fingerprint density at radius 3 is 2.34 bits per heavy atom. The summed E-state index contributed by atoms with van der Waals surface area (Å²) < 4.78 is 48.2. The SMILES string of the molecule is Cc1cccc(S(=O)(=O)Nc2cccc(-n3c(=O)n(C4CC4)c(=O)c4c(Nc5ccc(I)cc5F)n(C)c(=O)c(C)c43)c2)c1. The molecule has 5 aromatic rings. The van der Waals surface area contributed by atoms with E-state index in [1.54, 1.807) is 49.4 Å². The first-order valence-electron chi connectivity index (χ1n) is 13.7. The Labute approximate surface area is 265 Å². The second-order valence-corrected chi connectivity index (χ2v) is 13.7. The molecule has 1 aliphatic rings. The minimum Gasteiger partial charge on any atom is -0.338 e. The highest BCUT2D eigenvalue weighted by molar-refractivity contribution is 14.1. The Hall–Kier alpha value is -4.24. The van der Waals surface area contributed by atoms with Gasteiger partial charge in [-0.15, -0.1) is 0 Å². The third kappa shape index (κ3) is 5.23. The van der Waals surface area contributed by atoms with Gasteiger partial charge in [-0.05, 0) is 103 Å². The first kappa shape index (κ1) is 29.8. The summed E-state index contributed by atoms with van der Waals surface area (Å²) in [6.07, 6.45) is 1.24. The number of pyridine rings is 1. The molecule has 0 bridgehead atoms. The molecule has 226 valence electrons. The summed E-state index contributed by atoms with van der Waals surface area (Å²) >= 11 is 1.98. The molecule has 1 saturated carbocycles. The predicted molar refractivity (Wildman–Crippen MR) is 176 cm³/mol.